The van der Waals surface area contributed by atoms with Gasteiger partial charge in [0, 0.05) is 0 Å². The predicted molar refractivity (Wildman–Crippen MR) is 82.4 cm³/mol. The maximum atomic E-state index is 10.6. The van der Waals surface area contributed by atoms with Gasteiger partial charge in [0.05, 0.1) is 0 Å². The van der Waals surface area contributed by atoms with Gasteiger partial charge in [-0.25, -0.2) is 0 Å². The van der Waals surface area contributed by atoms with Gasteiger partial charge in [-0.15, -0.1) is 0 Å². The fourth-order valence-electron chi connectivity index (χ4n) is 2.61. The summed E-state index contributed by atoms with van der Waals surface area (Å²) in [7, 11) is 0. The van der Waals surface area contributed by atoms with Crippen molar-refractivity contribution in [3.8, 4) is 0 Å². The number of benzene rings is 1. The highest BCUT2D eigenvalue weighted by Crippen LogP contribution is 2.32. The zero-order valence-corrected chi connectivity index (χ0v) is 13.0. The predicted octanol–water partition coefficient (Wildman–Crippen LogP) is 4.70. The van der Waals surface area contributed by atoms with Gasteiger partial charge in [0.25, 0.3) is 0 Å². The lowest BCUT2D eigenvalue weighted by atomic mass is 9.89. The lowest BCUT2D eigenvalue weighted by molar-refractivity contribution is 0.187. The lowest BCUT2D eigenvalue weighted by Crippen LogP contribution is -2.08. The van der Waals surface area contributed by atoms with E-state index in [-0.39, 0.29) is 0 Å². The van der Waals surface area contributed by atoms with E-state index >= 15 is 0 Å². The molecule has 0 aliphatic heterocycles. The second-order valence-corrected chi connectivity index (χ2v) is 5.31. The minimum atomic E-state index is -0.752. The molecule has 2 rings (SSSR count). The van der Waals surface area contributed by atoms with Crippen molar-refractivity contribution < 1.29 is 9.52 Å². The molecular weight excluding hydrogens is 272 g/mol. The number of hydrogen-bond acceptors (Lipinski definition) is 2. The van der Waals surface area contributed by atoms with E-state index in [0.717, 1.165) is 24.8 Å². The van der Waals surface area contributed by atoms with Crippen LogP contribution in [0.3, 0.4) is 0 Å². The number of aryl methyl sites for hydroxylation is 3. The summed E-state index contributed by atoms with van der Waals surface area (Å²) >= 11 is 5.81. The van der Waals surface area contributed by atoms with Gasteiger partial charge < -0.3 is 9.52 Å². The summed E-state index contributed by atoms with van der Waals surface area (Å²) in [5.74, 6) is 0.503. The minimum Gasteiger partial charge on any atom is -0.447 e. The zero-order chi connectivity index (χ0) is 14.7. The van der Waals surface area contributed by atoms with Crippen LogP contribution in [-0.2, 0) is 19.3 Å². The molecule has 3 heteroatoms. The second-order valence-electron chi connectivity index (χ2n) is 4.93. The molecule has 1 unspecified atom stereocenters. The Balaban J connectivity index is 2.53. The first-order valence-corrected chi connectivity index (χ1v) is 7.56. The Hall–Kier alpha value is -1.25. The number of furan rings is 1. The molecule has 0 radical (unpaired) electrons. The van der Waals surface area contributed by atoms with Gasteiger partial charge in [0.1, 0.15) is 11.9 Å². The Morgan fingerprint density at radius 1 is 1.05 bits per heavy atom. The summed E-state index contributed by atoms with van der Waals surface area (Å²) in [6.45, 7) is 6.37. The summed E-state index contributed by atoms with van der Waals surface area (Å²) in [6.07, 6.45) is 2.03. The van der Waals surface area contributed by atoms with E-state index in [0.29, 0.717) is 11.0 Å². The van der Waals surface area contributed by atoms with Crippen LogP contribution in [0.2, 0.25) is 5.22 Å². The largest absolute Gasteiger partial charge is 0.447 e. The van der Waals surface area contributed by atoms with Gasteiger partial charge in [-0.1, -0.05) is 32.9 Å². The minimum absolute atomic E-state index is 0.306. The summed E-state index contributed by atoms with van der Waals surface area (Å²) in [5, 5.41) is 10.9. The second kappa shape index (κ2) is 6.47. The molecule has 1 aromatic carbocycles. The Labute approximate surface area is 125 Å². The van der Waals surface area contributed by atoms with Crippen LogP contribution in [0.25, 0.3) is 0 Å². The van der Waals surface area contributed by atoms with Crippen molar-refractivity contribution in [3.05, 3.63) is 57.5 Å². The summed E-state index contributed by atoms with van der Waals surface area (Å²) < 4.78 is 5.37. The van der Waals surface area contributed by atoms with Crippen molar-refractivity contribution in [2.45, 2.75) is 46.1 Å². The molecule has 1 atom stereocenters. The first-order valence-electron chi connectivity index (χ1n) is 7.18. The number of hydrogen-bond donors (Lipinski definition) is 1. The van der Waals surface area contributed by atoms with E-state index in [4.69, 9.17) is 16.0 Å². The average molecular weight is 293 g/mol. The van der Waals surface area contributed by atoms with E-state index in [2.05, 4.69) is 32.9 Å². The molecule has 0 saturated heterocycles. The fourth-order valence-corrected chi connectivity index (χ4v) is 2.76. The third-order valence-corrected chi connectivity index (χ3v) is 3.92. The molecule has 1 heterocycles. The average Bonchev–Trinajstić information content (AvgIpc) is 2.91. The van der Waals surface area contributed by atoms with Crippen LogP contribution in [0.5, 0.6) is 0 Å². The van der Waals surface area contributed by atoms with Crippen LogP contribution >= 0.6 is 11.6 Å². The van der Waals surface area contributed by atoms with Gasteiger partial charge >= 0.3 is 0 Å². The molecule has 0 saturated carbocycles. The van der Waals surface area contributed by atoms with Crippen molar-refractivity contribution in [1.29, 1.82) is 0 Å². The quantitative estimate of drug-likeness (QED) is 0.866. The van der Waals surface area contributed by atoms with Crippen LogP contribution in [0.4, 0.5) is 0 Å². The maximum Gasteiger partial charge on any atom is 0.193 e. The summed E-state index contributed by atoms with van der Waals surface area (Å²) in [6, 6.07) is 7.77. The Bertz CT molecular complexity index is 561. The van der Waals surface area contributed by atoms with Crippen molar-refractivity contribution in [3.63, 3.8) is 0 Å². The van der Waals surface area contributed by atoms with Gasteiger partial charge in [0.15, 0.2) is 5.22 Å². The summed E-state index contributed by atoms with van der Waals surface area (Å²) in [4.78, 5) is 0. The number of aliphatic hydroxyl groups is 1. The Morgan fingerprint density at radius 3 is 2.05 bits per heavy atom. The number of halogens is 1. The van der Waals surface area contributed by atoms with Crippen LogP contribution in [0.1, 0.15) is 54.9 Å². The molecule has 108 valence electrons. The smallest absolute Gasteiger partial charge is 0.193 e. The van der Waals surface area contributed by atoms with Crippen molar-refractivity contribution in [2.24, 2.45) is 0 Å². The third-order valence-electron chi connectivity index (χ3n) is 3.72. The first-order chi connectivity index (χ1) is 9.60. The van der Waals surface area contributed by atoms with Gasteiger partial charge in [-0.2, -0.15) is 0 Å². The van der Waals surface area contributed by atoms with Crippen molar-refractivity contribution in [1.82, 2.24) is 0 Å². The molecule has 2 nitrogen and oxygen atoms in total. The van der Waals surface area contributed by atoms with E-state index in [1.165, 1.54) is 16.7 Å². The van der Waals surface area contributed by atoms with E-state index in [9.17, 15) is 5.11 Å². The molecule has 0 aliphatic rings. The maximum absolute atomic E-state index is 10.6. The van der Waals surface area contributed by atoms with Crippen molar-refractivity contribution in [2.75, 3.05) is 0 Å². The van der Waals surface area contributed by atoms with Gasteiger partial charge in [-0.05, 0) is 65.2 Å². The van der Waals surface area contributed by atoms with Crippen LogP contribution in [0, 0.1) is 0 Å². The highest BCUT2D eigenvalue weighted by Gasteiger charge is 2.21. The number of rotatable bonds is 5. The Kier molecular flexibility index (Phi) is 4.90. The third kappa shape index (κ3) is 2.92. The molecule has 0 amide bonds. The lowest BCUT2D eigenvalue weighted by Gasteiger charge is -2.19. The van der Waals surface area contributed by atoms with Crippen LogP contribution in [0.15, 0.2) is 28.7 Å². The fraction of sp³-hybridized carbons (Fsp3) is 0.412. The zero-order valence-electron chi connectivity index (χ0n) is 12.2. The highest BCUT2D eigenvalue weighted by atomic mass is 35.5. The van der Waals surface area contributed by atoms with Crippen LogP contribution in [-0.4, -0.2) is 5.11 Å². The molecule has 0 aliphatic carbocycles. The standard InChI is InChI=1S/C17H21ClO2/c1-4-11-9-12(5-2)16(13(6-3)10-11)17(19)14-7-8-15(18)20-14/h7-10,17,19H,4-6H2,1-3H3. The van der Waals surface area contributed by atoms with Gasteiger partial charge in [0.2, 0.25) is 0 Å². The normalized spacial score (nSPS) is 12.7. The van der Waals surface area contributed by atoms with Gasteiger partial charge in [-0.3, -0.25) is 0 Å². The molecule has 0 fully saturated rings. The number of aliphatic hydroxyl groups excluding tert-OH is 1. The molecule has 1 N–H and O–H groups in total. The SMILES string of the molecule is CCc1cc(CC)c(C(O)c2ccc(Cl)o2)c(CC)c1. The van der Waals surface area contributed by atoms with Crippen LogP contribution < -0.4 is 0 Å². The highest BCUT2D eigenvalue weighted by molar-refractivity contribution is 6.28. The van der Waals surface area contributed by atoms with Crippen molar-refractivity contribution >= 4 is 11.6 Å². The molecule has 0 spiro atoms. The Morgan fingerprint density at radius 2 is 1.65 bits per heavy atom. The molecule has 20 heavy (non-hydrogen) atoms. The monoisotopic (exact) mass is 292 g/mol. The molecule has 2 aromatic rings. The topological polar surface area (TPSA) is 33.4 Å². The summed E-state index contributed by atoms with van der Waals surface area (Å²) in [5.41, 5.74) is 4.65. The molecule has 1 aromatic heterocycles. The molecule has 0 bridgehead atoms. The van der Waals surface area contributed by atoms with E-state index in [1.807, 2.05) is 0 Å². The first kappa shape index (κ1) is 15.1. The molecular formula is C17H21ClO2. The van der Waals surface area contributed by atoms with E-state index < -0.39 is 6.10 Å². The van der Waals surface area contributed by atoms with E-state index in [1.54, 1.807) is 12.1 Å².